The molecule has 140 valence electrons. The van der Waals surface area contributed by atoms with Gasteiger partial charge in [0.05, 0.1) is 4.47 Å². The molecule has 0 unspecified atom stereocenters. The van der Waals surface area contributed by atoms with Gasteiger partial charge in [0.25, 0.3) is 0 Å². The third-order valence-electron chi connectivity index (χ3n) is 3.80. The molecule has 0 bridgehead atoms. The summed E-state index contributed by atoms with van der Waals surface area (Å²) in [4.78, 5) is 0. The van der Waals surface area contributed by atoms with E-state index in [2.05, 4.69) is 53.1 Å². The molecule has 0 aliphatic carbocycles. The second-order valence-electron chi connectivity index (χ2n) is 5.76. The quantitative estimate of drug-likeness (QED) is 0.309. The summed E-state index contributed by atoms with van der Waals surface area (Å²) < 4.78 is 8.98. The minimum atomic E-state index is 0.349. The van der Waals surface area contributed by atoms with Crippen LogP contribution in [-0.2, 0) is 13.2 Å². The lowest BCUT2D eigenvalue weighted by Gasteiger charge is -2.16. The molecule has 3 aromatic rings. The smallest absolute Gasteiger partial charge is 0.139 e. The molecular formula is C20H14Br3Cl2NO. The fraction of sp³-hybridized carbons (Fsp3) is 0.100. The molecule has 0 aliphatic rings. The Morgan fingerprint density at radius 1 is 0.815 bits per heavy atom. The van der Waals surface area contributed by atoms with Crippen LogP contribution in [0.2, 0.25) is 10.0 Å². The maximum absolute atomic E-state index is 6.25. The molecule has 3 aromatic carbocycles. The Morgan fingerprint density at radius 2 is 1.56 bits per heavy atom. The van der Waals surface area contributed by atoms with Gasteiger partial charge in [-0.3, -0.25) is 0 Å². The van der Waals surface area contributed by atoms with E-state index in [1.54, 1.807) is 12.1 Å². The standard InChI is InChI=1S/C20H14Br3Cl2NO/c21-14-2-5-17(6-3-14)26-10-13-7-15(22)8-18(23)20(13)27-11-12-1-4-16(24)9-19(12)25/h1-9,26H,10-11H2. The topological polar surface area (TPSA) is 21.3 Å². The minimum absolute atomic E-state index is 0.349. The number of hydrogen-bond acceptors (Lipinski definition) is 2. The van der Waals surface area contributed by atoms with Crippen LogP contribution >= 0.6 is 71.0 Å². The van der Waals surface area contributed by atoms with Crippen LogP contribution in [0.4, 0.5) is 5.69 Å². The Labute approximate surface area is 193 Å². The number of halogens is 5. The lowest BCUT2D eigenvalue weighted by molar-refractivity contribution is 0.301. The Bertz CT molecular complexity index is 949. The van der Waals surface area contributed by atoms with Crippen LogP contribution in [0.25, 0.3) is 0 Å². The molecule has 0 radical (unpaired) electrons. The molecule has 0 saturated heterocycles. The van der Waals surface area contributed by atoms with Crippen LogP contribution in [0.3, 0.4) is 0 Å². The minimum Gasteiger partial charge on any atom is -0.487 e. The summed E-state index contributed by atoms with van der Waals surface area (Å²) in [6.07, 6.45) is 0. The van der Waals surface area contributed by atoms with E-state index >= 15 is 0 Å². The summed E-state index contributed by atoms with van der Waals surface area (Å²) in [6, 6.07) is 17.4. The highest BCUT2D eigenvalue weighted by atomic mass is 79.9. The van der Waals surface area contributed by atoms with E-state index in [4.69, 9.17) is 27.9 Å². The van der Waals surface area contributed by atoms with Gasteiger partial charge in [0.1, 0.15) is 12.4 Å². The van der Waals surface area contributed by atoms with Gasteiger partial charge in [-0.2, -0.15) is 0 Å². The van der Waals surface area contributed by atoms with E-state index in [9.17, 15) is 0 Å². The second-order valence-corrected chi connectivity index (χ2v) is 9.29. The van der Waals surface area contributed by atoms with Gasteiger partial charge in [0.15, 0.2) is 0 Å². The molecule has 7 heteroatoms. The summed E-state index contributed by atoms with van der Waals surface area (Å²) in [5.41, 5.74) is 2.92. The molecule has 0 aliphatic heterocycles. The highest BCUT2D eigenvalue weighted by Crippen LogP contribution is 2.34. The number of rotatable bonds is 6. The first-order chi connectivity index (χ1) is 12.9. The highest BCUT2D eigenvalue weighted by Gasteiger charge is 2.12. The van der Waals surface area contributed by atoms with Crippen LogP contribution in [0, 0.1) is 0 Å². The number of benzene rings is 3. The van der Waals surface area contributed by atoms with E-state index in [0.29, 0.717) is 23.2 Å². The first-order valence-electron chi connectivity index (χ1n) is 7.96. The normalized spacial score (nSPS) is 10.7. The third kappa shape index (κ3) is 5.88. The van der Waals surface area contributed by atoms with Crippen molar-refractivity contribution in [3.8, 4) is 5.75 Å². The van der Waals surface area contributed by atoms with Gasteiger partial charge in [-0.05, 0) is 64.5 Å². The predicted molar refractivity (Wildman–Crippen MR) is 124 cm³/mol. The maximum Gasteiger partial charge on any atom is 0.139 e. The van der Waals surface area contributed by atoms with Crippen LogP contribution < -0.4 is 10.1 Å². The van der Waals surface area contributed by atoms with Crippen molar-refractivity contribution in [1.29, 1.82) is 0 Å². The Hall–Kier alpha value is -0.720. The zero-order valence-electron chi connectivity index (χ0n) is 13.9. The Balaban J connectivity index is 1.78. The zero-order valence-corrected chi connectivity index (χ0v) is 20.2. The van der Waals surface area contributed by atoms with E-state index in [1.807, 2.05) is 42.5 Å². The monoisotopic (exact) mass is 591 g/mol. The van der Waals surface area contributed by atoms with Gasteiger partial charge in [-0.1, -0.05) is 61.1 Å². The average Bonchev–Trinajstić information content (AvgIpc) is 2.61. The fourth-order valence-corrected chi connectivity index (χ4v) is 4.62. The SMILES string of the molecule is Clc1ccc(COc2c(Br)cc(Br)cc2CNc2ccc(Br)cc2)c(Cl)c1. The van der Waals surface area contributed by atoms with Crippen molar-refractivity contribution in [2.45, 2.75) is 13.2 Å². The van der Waals surface area contributed by atoms with Crippen LogP contribution in [0.1, 0.15) is 11.1 Å². The molecule has 0 saturated carbocycles. The molecule has 27 heavy (non-hydrogen) atoms. The van der Waals surface area contributed by atoms with Crippen molar-refractivity contribution < 1.29 is 4.74 Å². The third-order valence-corrected chi connectivity index (χ3v) is 5.96. The Kier molecular flexibility index (Phi) is 7.51. The van der Waals surface area contributed by atoms with Crippen LogP contribution in [0.5, 0.6) is 5.75 Å². The van der Waals surface area contributed by atoms with Crippen molar-refractivity contribution in [2.24, 2.45) is 0 Å². The van der Waals surface area contributed by atoms with Gasteiger partial charge in [0, 0.05) is 42.3 Å². The number of ether oxygens (including phenoxy) is 1. The van der Waals surface area contributed by atoms with Gasteiger partial charge in [0.2, 0.25) is 0 Å². The van der Waals surface area contributed by atoms with E-state index in [0.717, 1.165) is 36.0 Å². The molecule has 2 nitrogen and oxygen atoms in total. The van der Waals surface area contributed by atoms with Gasteiger partial charge < -0.3 is 10.1 Å². The molecule has 0 amide bonds. The number of nitrogens with one attached hydrogen (secondary N) is 1. The first-order valence-corrected chi connectivity index (χ1v) is 11.1. The lowest BCUT2D eigenvalue weighted by Crippen LogP contribution is -2.05. The summed E-state index contributed by atoms with van der Waals surface area (Å²) in [7, 11) is 0. The highest BCUT2D eigenvalue weighted by molar-refractivity contribution is 9.11. The average molecular weight is 595 g/mol. The first kappa shape index (κ1) is 21.0. The largest absolute Gasteiger partial charge is 0.487 e. The second kappa shape index (κ2) is 9.66. The van der Waals surface area contributed by atoms with Gasteiger partial charge in [-0.25, -0.2) is 0 Å². The van der Waals surface area contributed by atoms with Crippen molar-refractivity contribution in [3.05, 3.63) is 89.2 Å². The van der Waals surface area contributed by atoms with Crippen molar-refractivity contribution in [2.75, 3.05) is 5.32 Å². The molecule has 0 heterocycles. The molecule has 3 rings (SSSR count). The number of anilines is 1. The molecule has 0 spiro atoms. The molecule has 1 N–H and O–H groups in total. The van der Waals surface area contributed by atoms with E-state index < -0.39 is 0 Å². The summed E-state index contributed by atoms with van der Waals surface area (Å²) in [5, 5.41) is 4.61. The zero-order chi connectivity index (χ0) is 19.4. The van der Waals surface area contributed by atoms with Crippen molar-refractivity contribution in [3.63, 3.8) is 0 Å². The maximum atomic E-state index is 6.25. The number of hydrogen-bond donors (Lipinski definition) is 1. The summed E-state index contributed by atoms with van der Waals surface area (Å²) >= 11 is 22.8. The van der Waals surface area contributed by atoms with Crippen molar-refractivity contribution >= 4 is 76.7 Å². The molecule has 0 atom stereocenters. The van der Waals surface area contributed by atoms with E-state index in [-0.39, 0.29) is 0 Å². The van der Waals surface area contributed by atoms with E-state index in [1.165, 1.54) is 0 Å². The lowest BCUT2D eigenvalue weighted by atomic mass is 10.2. The molecule has 0 fully saturated rings. The predicted octanol–water partition coefficient (Wildman–Crippen LogP) is 8.47. The van der Waals surface area contributed by atoms with Crippen molar-refractivity contribution in [1.82, 2.24) is 0 Å². The summed E-state index contributed by atoms with van der Waals surface area (Å²) in [5.74, 6) is 0.772. The van der Waals surface area contributed by atoms with Crippen LogP contribution in [-0.4, -0.2) is 0 Å². The van der Waals surface area contributed by atoms with Gasteiger partial charge >= 0.3 is 0 Å². The molecular weight excluding hydrogens is 581 g/mol. The summed E-state index contributed by atoms with van der Waals surface area (Å²) in [6.45, 7) is 0.963. The fourth-order valence-electron chi connectivity index (χ4n) is 2.46. The molecule has 0 aromatic heterocycles. The van der Waals surface area contributed by atoms with Gasteiger partial charge in [-0.15, -0.1) is 0 Å². The Morgan fingerprint density at radius 3 is 2.26 bits per heavy atom. The van der Waals surface area contributed by atoms with Crippen LogP contribution in [0.15, 0.2) is 68.0 Å².